The predicted octanol–water partition coefficient (Wildman–Crippen LogP) is 3.40. The smallest absolute Gasteiger partial charge is 0.0718 e. The summed E-state index contributed by atoms with van der Waals surface area (Å²) in [5, 5.41) is 10.8. The topological polar surface area (TPSA) is 20.2 Å². The van der Waals surface area contributed by atoms with Gasteiger partial charge >= 0.3 is 0 Å². The molecule has 17 heavy (non-hydrogen) atoms. The first-order valence-corrected chi connectivity index (χ1v) is 6.85. The van der Waals surface area contributed by atoms with E-state index < -0.39 is 5.60 Å². The number of aliphatic hydroxyl groups is 1. The van der Waals surface area contributed by atoms with Gasteiger partial charge < -0.3 is 5.11 Å². The first-order valence-electron chi connectivity index (χ1n) is 6.85. The van der Waals surface area contributed by atoms with Gasteiger partial charge in [0.25, 0.3) is 0 Å². The van der Waals surface area contributed by atoms with E-state index in [1.807, 2.05) is 0 Å². The molecular weight excluding hydrogens is 208 g/mol. The highest BCUT2D eigenvalue weighted by molar-refractivity contribution is 5.30. The molecule has 2 fully saturated rings. The summed E-state index contributed by atoms with van der Waals surface area (Å²) in [6, 6.07) is 6.67. The largest absolute Gasteiger partial charge is 0.389 e. The molecule has 2 aliphatic rings. The Balaban J connectivity index is 1.82. The van der Waals surface area contributed by atoms with Crippen LogP contribution in [-0.2, 0) is 6.42 Å². The molecule has 2 bridgehead atoms. The van der Waals surface area contributed by atoms with Crippen LogP contribution in [0.2, 0.25) is 0 Å². The maximum Gasteiger partial charge on any atom is 0.0718 e. The van der Waals surface area contributed by atoms with Gasteiger partial charge in [-0.15, -0.1) is 0 Å². The van der Waals surface area contributed by atoms with E-state index in [0.717, 1.165) is 18.8 Å². The Hall–Kier alpha value is -0.820. The van der Waals surface area contributed by atoms with Crippen LogP contribution in [0.5, 0.6) is 0 Å². The zero-order chi connectivity index (χ0) is 12.0. The minimum absolute atomic E-state index is 0.400. The molecule has 0 amide bonds. The third kappa shape index (κ3) is 2.01. The lowest BCUT2D eigenvalue weighted by Crippen LogP contribution is -2.37. The number of aryl methyl sites for hydroxylation is 2. The third-order valence-corrected chi connectivity index (χ3v) is 4.74. The van der Waals surface area contributed by atoms with E-state index in [1.165, 1.54) is 36.0 Å². The molecule has 1 nitrogen and oxygen atoms in total. The average Bonchev–Trinajstić information content (AvgIpc) is 2.74. The standard InChI is InChI=1S/C16H22O/c1-11-5-12(2)7-14(6-11)10-16(17)9-13-3-4-15(16)8-13/h5-7,13,15,17H,3-4,8-10H2,1-2H3. The van der Waals surface area contributed by atoms with E-state index in [-0.39, 0.29) is 0 Å². The zero-order valence-electron chi connectivity index (χ0n) is 10.9. The van der Waals surface area contributed by atoms with Crippen LogP contribution >= 0.6 is 0 Å². The summed E-state index contributed by atoms with van der Waals surface area (Å²) in [5.41, 5.74) is 3.54. The molecule has 92 valence electrons. The summed E-state index contributed by atoms with van der Waals surface area (Å²) in [4.78, 5) is 0. The van der Waals surface area contributed by atoms with Crippen LogP contribution in [0.15, 0.2) is 18.2 Å². The second-order valence-corrected chi connectivity index (χ2v) is 6.36. The van der Waals surface area contributed by atoms with Crippen molar-refractivity contribution in [2.24, 2.45) is 11.8 Å². The minimum atomic E-state index is -0.400. The summed E-state index contributed by atoms with van der Waals surface area (Å²) in [5.74, 6) is 1.37. The van der Waals surface area contributed by atoms with E-state index in [4.69, 9.17) is 0 Å². The lowest BCUT2D eigenvalue weighted by molar-refractivity contribution is -0.0125. The fraction of sp³-hybridized carbons (Fsp3) is 0.625. The molecule has 0 aromatic heterocycles. The van der Waals surface area contributed by atoms with Gasteiger partial charge in [0.15, 0.2) is 0 Å². The molecule has 0 heterocycles. The molecule has 3 unspecified atom stereocenters. The molecule has 3 atom stereocenters. The van der Waals surface area contributed by atoms with Crippen LogP contribution < -0.4 is 0 Å². The van der Waals surface area contributed by atoms with Crippen molar-refractivity contribution in [3.05, 3.63) is 34.9 Å². The minimum Gasteiger partial charge on any atom is -0.389 e. The molecule has 2 aliphatic carbocycles. The second kappa shape index (κ2) is 3.84. The Morgan fingerprint density at radius 3 is 2.41 bits per heavy atom. The molecule has 1 heteroatoms. The van der Waals surface area contributed by atoms with Crippen LogP contribution in [-0.4, -0.2) is 10.7 Å². The highest BCUT2D eigenvalue weighted by Crippen LogP contribution is 2.51. The molecule has 0 radical (unpaired) electrons. The number of benzene rings is 1. The van der Waals surface area contributed by atoms with E-state index in [1.54, 1.807) is 0 Å². The normalized spacial score (nSPS) is 35.5. The maximum atomic E-state index is 10.8. The number of hydrogen-bond donors (Lipinski definition) is 1. The lowest BCUT2D eigenvalue weighted by atomic mass is 9.79. The van der Waals surface area contributed by atoms with Gasteiger partial charge in [0.2, 0.25) is 0 Å². The van der Waals surface area contributed by atoms with Crippen LogP contribution in [0.3, 0.4) is 0 Å². The average molecular weight is 230 g/mol. The molecule has 0 saturated heterocycles. The lowest BCUT2D eigenvalue weighted by Gasteiger charge is -2.32. The first-order chi connectivity index (χ1) is 8.05. The Bertz CT molecular complexity index is 417. The van der Waals surface area contributed by atoms with E-state index in [2.05, 4.69) is 32.0 Å². The number of fused-ring (bicyclic) bond motifs is 2. The van der Waals surface area contributed by atoms with Crippen molar-refractivity contribution in [1.82, 2.24) is 0 Å². The molecule has 1 N–H and O–H groups in total. The Morgan fingerprint density at radius 1 is 1.18 bits per heavy atom. The summed E-state index contributed by atoms with van der Waals surface area (Å²) < 4.78 is 0. The van der Waals surface area contributed by atoms with Gasteiger partial charge in [-0.25, -0.2) is 0 Å². The van der Waals surface area contributed by atoms with Crippen molar-refractivity contribution in [1.29, 1.82) is 0 Å². The Labute approximate surface area is 104 Å². The zero-order valence-corrected chi connectivity index (χ0v) is 10.9. The highest BCUT2D eigenvalue weighted by Gasteiger charge is 2.49. The molecule has 0 aliphatic heterocycles. The SMILES string of the molecule is Cc1cc(C)cc(CC2(O)CC3CCC2C3)c1. The van der Waals surface area contributed by atoms with Crippen LogP contribution in [0.1, 0.15) is 42.4 Å². The third-order valence-electron chi connectivity index (χ3n) is 4.74. The summed E-state index contributed by atoms with van der Waals surface area (Å²) >= 11 is 0. The Morgan fingerprint density at radius 2 is 1.88 bits per heavy atom. The van der Waals surface area contributed by atoms with Gasteiger partial charge in [0, 0.05) is 6.42 Å². The molecule has 1 aromatic rings. The fourth-order valence-electron chi connectivity index (χ4n) is 4.16. The van der Waals surface area contributed by atoms with E-state index >= 15 is 0 Å². The molecule has 1 aromatic carbocycles. The van der Waals surface area contributed by atoms with Gasteiger partial charge in [0.05, 0.1) is 5.60 Å². The quantitative estimate of drug-likeness (QED) is 0.825. The van der Waals surface area contributed by atoms with Crippen molar-refractivity contribution in [2.75, 3.05) is 0 Å². The van der Waals surface area contributed by atoms with Crippen LogP contribution in [0.25, 0.3) is 0 Å². The van der Waals surface area contributed by atoms with Crippen molar-refractivity contribution >= 4 is 0 Å². The summed E-state index contributed by atoms with van der Waals surface area (Å²) in [7, 11) is 0. The predicted molar refractivity (Wildman–Crippen MR) is 70.0 cm³/mol. The molecule has 0 spiro atoms. The maximum absolute atomic E-state index is 10.8. The summed E-state index contributed by atoms with van der Waals surface area (Å²) in [6.45, 7) is 4.28. The van der Waals surface area contributed by atoms with E-state index in [9.17, 15) is 5.11 Å². The van der Waals surface area contributed by atoms with E-state index in [0.29, 0.717) is 5.92 Å². The van der Waals surface area contributed by atoms with Crippen molar-refractivity contribution < 1.29 is 5.11 Å². The second-order valence-electron chi connectivity index (χ2n) is 6.36. The van der Waals surface area contributed by atoms with Crippen molar-refractivity contribution in [3.63, 3.8) is 0 Å². The first kappa shape index (κ1) is 11.3. The molecule has 2 saturated carbocycles. The van der Waals surface area contributed by atoms with Gasteiger partial charge in [-0.3, -0.25) is 0 Å². The Kier molecular flexibility index (Phi) is 2.55. The highest BCUT2D eigenvalue weighted by atomic mass is 16.3. The number of hydrogen-bond acceptors (Lipinski definition) is 1. The van der Waals surface area contributed by atoms with Gasteiger partial charge in [-0.2, -0.15) is 0 Å². The van der Waals surface area contributed by atoms with Crippen molar-refractivity contribution in [2.45, 2.75) is 51.6 Å². The van der Waals surface area contributed by atoms with Crippen LogP contribution in [0.4, 0.5) is 0 Å². The monoisotopic (exact) mass is 230 g/mol. The van der Waals surface area contributed by atoms with Gasteiger partial charge in [-0.05, 0) is 56.9 Å². The number of rotatable bonds is 2. The van der Waals surface area contributed by atoms with Gasteiger partial charge in [-0.1, -0.05) is 29.3 Å². The van der Waals surface area contributed by atoms with Crippen LogP contribution in [0, 0.1) is 25.7 Å². The summed E-state index contributed by atoms with van der Waals surface area (Å²) in [6.07, 6.45) is 5.74. The molecule has 3 rings (SSSR count). The molecular formula is C16H22O. The van der Waals surface area contributed by atoms with Crippen molar-refractivity contribution in [3.8, 4) is 0 Å². The fourth-order valence-corrected chi connectivity index (χ4v) is 4.16. The van der Waals surface area contributed by atoms with Gasteiger partial charge in [0.1, 0.15) is 0 Å².